The van der Waals surface area contributed by atoms with Crippen LogP contribution in [0.2, 0.25) is 0 Å². The molecule has 0 aromatic heterocycles. The molecule has 0 aliphatic carbocycles. The van der Waals surface area contributed by atoms with E-state index in [-0.39, 0.29) is 25.9 Å². The predicted octanol–water partition coefficient (Wildman–Crippen LogP) is 17.1. The molecule has 1 heterocycles. The van der Waals surface area contributed by atoms with Gasteiger partial charge in [0.1, 0.15) is 18.8 Å². The molecule has 0 aromatic carbocycles. The highest BCUT2D eigenvalue weighted by Gasteiger charge is 2.50. The van der Waals surface area contributed by atoms with E-state index in [1.54, 1.807) is 0 Å². The number of carbonyl (C=O) groups is 4. The van der Waals surface area contributed by atoms with Crippen LogP contribution in [0.4, 0.5) is 0 Å². The van der Waals surface area contributed by atoms with Gasteiger partial charge in [-0.25, -0.2) is 4.79 Å². The Morgan fingerprint density at radius 1 is 0.430 bits per heavy atom. The standard InChI is InChI=1S/C67H116O12/c1-4-7-10-13-16-19-22-25-28-30-33-35-38-41-44-47-50-53-59(68)75-56-58(77-60(69)54-51-48-45-42-39-37-34-31-29-26-23-20-17-14-11-8-5-2)57-76-67-65(63(72)62(71)64(79-67)66(73)74)78-61(70)55-52-49-46-43-40-36-32-27-24-21-18-15-12-9-6-3/h9,12,18,21,25-29,32,58,62-65,67,71-72H,4-8,10-11,13-17,19-20,22-24,30-31,33-57H2,1-3H3,(H,73,74)/b12-9-,21-18-,28-25-,29-26-,32-27-. The number of carboxylic acid groups (broad SMARTS) is 1. The molecule has 6 atom stereocenters. The summed E-state index contributed by atoms with van der Waals surface area (Å²) in [6.07, 6.45) is 56.1. The molecule has 12 heteroatoms. The number of aliphatic hydroxyl groups excluding tert-OH is 2. The summed E-state index contributed by atoms with van der Waals surface area (Å²) in [5.41, 5.74) is 0. The predicted molar refractivity (Wildman–Crippen MR) is 322 cm³/mol. The van der Waals surface area contributed by atoms with Crippen molar-refractivity contribution < 1.29 is 58.2 Å². The van der Waals surface area contributed by atoms with Gasteiger partial charge in [0.05, 0.1) is 6.61 Å². The van der Waals surface area contributed by atoms with Gasteiger partial charge in [0.25, 0.3) is 0 Å². The Bertz CT molecular complexity index is 1600. The van der Waals surface area contributed by atoms with Crippen LogP contribution in [0.3, 0.4) is 0 Å². The van der Waals surface area contributed by atoms with Gasteiger partial charge in [0.2, 0.25) is 0 Å². The maximum atomic E-state index is 13.2. The summed E-state index contributed by atoms with van der Waals surface area (Å²) in [7, 11) is 0. The van der Waals surface area contributed by atoms with Crippen molar-refractivity contribution in [2.24, 2.45) is 0 Å². The third-order valence-corrected chi connectivity index (χ3v) is 14.5. The molecule has 6 unspecified atom stereocenters. The maximum absolute atomic E-state index is 13.2. The number of ether oxygens (including phenoxy) is 5. The average Bonchev–Trinajstić information content (AvgIpc) is 3.43. The van der Waals surface area contributed by atoms with Gasteiger partial charge in [0.15, 0.2) is 24.6 Å². The molecule has 0 amide bonds. The van der Waals surface area contributed by atoms with Crippen LogP contribution in [0.1, 0.15) is 290 Å². The highest BCUT2D eigenvalue weighted by molar-refractivity contribution is 5.74. The number of hydrogen-bond acceptors (Lipinski definition) is 11. The fourth-order valence-electron chi connectivity index (χ4n) is 9.61. The third kappa shape index (κ3) is 44.7. The Balaban J connectivity index is 2.67. The lowest BCUT2D eigenvalue weighted by Crippen LogP contribution is -2.61. The molecular formula is C67H116O12. The molecular weight excluding hydrogens is 997 g/mol. The molecule has 1 fully saturated rings. The Hall–Kier alpha value is -3.58. The van der Waals surface area contributed by atoms with Crippen molar-refractivity contribution in [2.75, 3.05) is 13.2 Å². The van der Waals surface area contributed by atoms with E-state index >= 15 is 0 Å². The molecule has 3 N–H and O–H groups in total. The molecule has 456 valence electrons. The number of hydrogen-bond donors (Lipinski definition) is 3. The van der Waals surface area contributed by atoms with Crippen molar-refractivity contribution in [2.45, 2.75) is 327 Å². The molecule has 0 bridgehead atoms. The Morgan fingerprint density at radius 2 is 0.797 bits per heavy atom. The van der Waals surface area contributed by atoms with Crippen molar-refractivity contribution in [3.8, 4) is 0 Å². The first-order chi connectivity index (χ1) is 38.6. The minimum Gasteiger partial charge on any atom is -0.479 e. The number of aliphatic carboxylic acids is 1. The van der Waals surface area contributed by atoms with E-state index in [0.717, 1.165) is 109 Å². The highest BCUT2D eigenvalue weighted by Crippen LogP contribution is 2.27. The summed E-state index contributed by atoms with van der Waals surface area (Å²) >= 11 is 0. The first-order valence-corrected chi connectivity index (χ1v) is 32.3. The van der Waals surface area contributed by atoms with Crippen molar-refractivity contribution in [1.82, 2.24) is 0 Å². The SMILES string of the molecule is CC/C=C\C/C=C\C/C=C\CCCCCCCC(=O)OC1C(OCC(COC(=O)CCCCCCCCC/C=C\CCCCCCCC)OC(=O)CCCCCCCCC/C=C\CCCCCCCC)OC(C(=O)O)C(O)C1O. The smallest absolute Gasteiger partial charge is 0.335 e. The first-order valence-electron chi connectivity index (χ1n) is 32.3. The minimum atomic E-state index is -1.91. The second kappa shape index (κ2) is 55.0. The van der Waals surface area contributed by atoms with Gasteiger partial charge in [-0.3, -0.25) is 14.4 Å². The molecule has 0 aromatic rings. The second-order valence-electron chi connectivity index (χ2n) is 22.0. The van der Waals surface area contributed by atoms with E-state index < -0.39 is 67.3 Å². The monoisotopic (exact) mass is 1110 g/mol. The molecule has 1 aliphatic rings. The van der Waals surface area contributed by atoms with Crippen LogP contribution in [0.5, 0.6) is 0 Å². The Morgan fingerprint density at radius 3 is 1.23 bits per heavy atom. The topological polar surface area (TPSA) is 175 Å². The van der Waals surface area contributed by atoms with Crippen molar-refractivity contribution >= 4 is 23.9 Å². The summed E-state index contributed by atoms with van der Waals surface area (Å²) < 4.78 is 28.5. The fraction of sp³-hybridized carbons (Fsp3) is 0.791. The van der Waals surface area contributed by atoms with Crippen molar-refractivity contribution in [3.05, 3.63) is 60.8 Å². The van der Waals surface area contributed by atoms with Gasteiger partial charge < -0.3 is 39.0 Å². The van der Waals surface area contributed by atoms with Crippen LogP contribution in [-0.4, -0.2) is 89.2 Å². The minimum absolute atomic E-state index is 0.0402. The lowest BCUT2D eigenvalue weighted by Gasteiger charge is -2.40. The third-order valence-electron chi connectivity index (χ3n) is 14.5. The van der Waals surface area contributed by atoms with Crippen LogP contribution in [0, 0.1) is 0 Å². The lowest BCUT2D eigenvalue weighted by molar-refractivity contribution is -0.301. The molecule has 0 spiro atoms. The van der Waals surface area contributed by atoms with Crippen molar-refractivity contribution in [3.63, 3.8) is 0 Å². The van der Waals surface area contributed by atoms with Crippen LogP contribution >= 0.6 is 0 Å². The van der Waals surface area contributed by atoms with E-state index in [9.17, 15) is 34.5 Å². The van der Waals surface area contributed by atoms with E-state index in [1.807, 2.05) is 0 Å². The van der Waals surface area contributed by atoms with E-state index in [4.69, 9.17) is 23.7 Å². The number of rotatable bonds is 55. The van der Waals surface area contributed by atoms with Crippen LogP contribution in [0.25, 0.3) is 0 Å². The van der Waals surface area contributed by atoms with Crippen LogP contribution in [-0.2, 0) is 42.9 Å². The number of aliphatic hydroxyl groups is 2. The van der Waals surface area contributed by atoms with Gasteiger partial charge in [0, 0.05) is 19.3 Å². The largest absolute Gasteiger partial charge is 0.479 e. The zero-order valence-corrected chi connectivity index (χ0v) is 50.4. The summed E-state index contributed by atoms with van der Waals surface area (Å²) in [5, 5.41) is 31.6. The summed E-state index contributed by atoms with van der Waals surface area (Å²) in [5.74, 6) is -3.14. The van der Waals surface area contributed by atoms with E-state index in [1.165, 1.54) is 122 Å². The maximum Gasteiger partial charge on any atom is 0.335 e. The van der Waals surface area contributed by atoms with Crippen LogP contribution < -0.4 is 0 Å². The van der Waals surface area contributed by atoms with Gasteiger partial charge in [-0.1, -0.05) is 229 Å². The van der Waals surface area contributed by atoms with Crippen LogP contribution in [0.15, 0.2) is 60.8 Å². The number of carboxylic acids is 1. The number of allylic oxidation sites excluding steroid dienone is 10. The van der Waals surface area contributed by atoms with Gasteiger partial charge in [-0.2, -0.15) is 0 Å². The Kier molecular flexibility index (Phi) is 51.1. The molecule has 79 heavy (non-hydrogen) atoms. The van der Waals surface area contributed by atoms with E-state index in [2.05, 4.69) is 81.5 Å². The molecule has 1 aliphatic heterocycles. The molecule has 1 saturated heterocycles. The summed E-state index contributed by atoms with van der Waals surface area (Å²) in [6, 6.07) is 0. The average molecular weight is 1110 g/mol. The van der Waals surface area contributed by atoms with E-state index in [0.29, 0.717) is 19.3 Å². The van der Waals surface area contributed by atoms with Gasteiger partial charge in [-0.15, -0.1) is 0 Å². The quantitative estimate of drug-likeness (QED) is 0.0228. The lowest BCUT2D eigenvalue weighted by atomic mass is 9.98. The zero-order valence-electron chi connectivity index (χ0n) is 50.4. The summed E-state index contributed by atoms with van der Waals surface area (Å²) in [6.45, 7) is 5.89. The first kappa shape index (κ1) is 73.4. The van der Waals surface area contributed by atoms with Crippen molar-refractivity contribution in [1.29, 1.82) is 0 Å². The highest BCUT2D eigenvalue weighted by atomic mass is 16.7. The number of esters is 3. The normalized spacial score (nSPS) is 18.2. The molecule has 0 radical (unpaired) electrons. The molecule has 12 nitrogen and oxygen atoms in total. The fourth-order valence-corrected chi connectivity index (χ4v) is 9.61. The summed E-state index contributed by atoms with van der Waals surface area (Å²) in [4.78, 5) is 51.3. The van der Waals surface area contributed by atoms with Gasteiger partial charge in [-0.05, 0) is 103 Å². The zero-order chi connectivity index (χ0) is 57.5. The molecule has 1 rings (SSSR count). The molecule has 0 saturated carbocycles. The Labute approximate surface area is 481 Å². The number of carbonyl (C=O) groups excluding carboxylic acids is 3. The number of unbranched alkanes of at least 4 members (excludes halogenated alkanes) is 31. The van der Waals surface area contributed by atoms with Gasteiger partial charge >= 0.3 is 23.9 Å². The second-order valence-corrected chi connectivity index (χ2v) is 22.0.